The van der Waals surface area contributed by atoms with Crippen molar-refractivity contribution in [2.75, 3.05) is 7.11 Å². The van der Waals surface area contributed by atoms with Crippen LogP contribution in [0.25, 0.3) is 34.4 Å². The first kappa shape index (κ1) is 18.1. The molecule has 0 N–H and O–H groups in total. The lowest BCUT2D eigenvalue weighted by Gasteiger charge is -2.00. The van der Waals surface area contributed by atoms with E-state index in [9.17, 15) is 4.79 Å². The first-order valence-electron chi connectivity index (χ1n) is 8.78. The molecule has 3 nitrogen and oxygen atoms in total. The monoisotopic (exact) mass is 388 g/mol. The molecular weight excluding hydrogens is 372 g/mol. The second kappa shape index (κ2) is 7.75. The summed E-state index contributed by atoms with van der Waals surface area (Å²) >= 11 is 6.04. The van der Waals surface area contributed by atoms with Crippen molar-refractivity contribution >= 4 is 40.7 Å². The van der Waals surface area contributed by atoms with Gasteiger partial charge in [-0.25, -0.2) is 4.79 Å². The minimum absolute atomic E-state index is 0.334. The van der Waals surface area contributed by atoms with Crippen LogP contribution in [0.15, 0.2) is 77.2 Å². The second-order valence-electron chi connectivity index (χ2n) is 6.36. The van der Waals surface area contributed by atoms with Crippen molar-refractivity contribution < 1.29 is 13.9 Å². The summed E-state index contributed by atoms with van der Waals surface area (Å²) in [6.07, 6.45) is 4.02. The number of methoxy groups -OCH3 is 1. The molecule has 0 radical (unpaired) electrons. The summed E-state index contributed by atoms with van der Waals surface area (Å²) in [5, 5.41) is 1.68. The van der Waals surface area contributed by atoms with E-state index in [1.165, 1.54) is 7.11 Å². The highest BCUT2D eigenvalue weighted by atomic mass is 35.5. The lowest BCUT2D eigenvalue weighted by Crippen LogP contribution is -2.00. The van der Waals surface area contributed by atoms with Gasteiger partial charge in [-0.15, -0.1) is 0 Å². The van der Waals surface area contributed by atoms with Crippen LogP contribution in [0.3, 0.4) is 0 Å². The number of carbonyl (C=O) groups excluding carboxylic acids is 1. The summed E-state index contributed by atoms with van der Waals surface area (Å²) in [7, 11) is 1.38. The minimum Gasteiger partial charge on any atom is -0.465 e. The van der Waals surface area contributed by atoms with Gasteiger partial charge in [0.15, 0.2) is 0 Å². The van der Waals surface area contributed by atoms with E-state index in [0.717, 1.165) is 33.4 Å². The molecule has 0 fully saturated rings. The second-order valence-corrected chi connectivity index (χ2v) is 6.80. The lowest BCUT2D eigenvalue weighted by molar-refractivity contribution is 0.0600. The number of benzene rings is 3. The summed E-state index contributed by atoms with van der Waals surface area (Å²) in [6, 6.07) is 23.0. The number of carbonyl (C=O) groups is 1. The van der Waals surface area contributed by atoms with Crippen molar-refractivity contribution in [3.63, 3.8) is 0 Å². The van der Waals surface area contributed by atoms with E-state index < -0.39 is 0 Å². The molecule has 0 saturated carbocycles. The predicted octanol–water partition coefficient (Wildman–Crippen LogP) is 6.71. The van der Waals surface area contributed by atoms with Gasteiger partial charge in [0.05, 0.1) is 12.7 Å². The average Bonchev–Trinajstić information content (AvgIpc) is 3.15. The topological polar surface area (TPSA) is 39.4 Å². The maximum atomic E-state index is 11.5. The standard InChI is InChI=1S/C24H17ClO3/c1-27-24(26)19-10-6-17(7-11-19)3-2-16-4-8-18(9-5-16)23-15-20-14-21(25)12-13-22(20)28-23/h2-15H,1H3/b3-2+. The first-order valence-corrected chi connectivity index (χ1v) is 9.16. The minimum atomic E-state index is -0.334. The summed E-state index contributed by atoms with van der Waals surface area (Å²) in [6.45, 7) is 0. The van der Waals surface area contributed by atoms with Gasteiger partial charge < -0.3 is 9.15 Å². The van der Waals surface area contributed by atoms with Crippen LogP contribution in [0, 0.1) is 0 Å². The van der Waals surface area contributed by atoms with Gasteiger partial charge in [0.1, 0.15) is 11.3 Å². The van der Waals surface area contributed by atoms with Crippen molar-refractivity contribution in [1.82, 2.24) is 0 Å². The molecule has 1 heterocycles. The van der Waals surface area contributed by atoms with Crippen molar-refractivity contribution in [2.24, 2.45) is 0 Å². The van der Waals surface area contributed by atoms with Crippen LogP contribution < -0.4 is 0 Å². The van der Waals surface area contributed by atoms with Gasteiger partial charge in [-0.05, 0) is 47.5 Å². The fourth-order valence-electron chi connectivity index (χ4n) is 2.96. The third kappa shape index (κ3) is 3.85. The summed E-state index contributed by atoms with van der Waals surface area (Å²) < 4.78 is 10.6. The molecule has 4 aromatic rings. The molecule has 3 aromatic carbocycles. The number of rotatable bonds is 4. The van der Waals surface area contributed by atoms with Crippen molar-refractivity contribution in [3.05, 3.63) is 94.5 Å². The highest BCUT2D eigenvalue weighted by molar-refractivity contribution is 6.31. The fourth-order valence-corrected chi connectivity index (χ4v) is 3.14. The number of hydrogen-bond donors (Lipinski definition) is 0. The normalized spacial score (nSPS) is 11.2. The lowest BCUT2D eigenvalue weighted by atomic mass is 10.1. The highest BCUT2D eigenvalue weighted by Gasteiger charge is 2.07. The van der Waals surface area contributed by atoms with Gasteiger partial charge in [-0.3, -0.25) is 0 Å². The Hall–Kier alpha value is -3.30. The van der Waals surface area contributed by atoms with E-state index in [0.29, 0.717) is 10.6 Å². The molecule has 0 aliphatic heterocycles. The molecule has 138 valence electrons. The number of halogens is 1. The maximum absolute atomic E-state index is 11.5. The van der Waals surface area contributed by atoms with E-state index in [1.54, 1.807) is 12.1 Å². The van der Waals surface area contributed by atoms with Crippen molar-refractivity contribution in [3.8, 4) is 11.3 Å². The van der Waals surface area contributed by atoms with Gasteiger partial charge in [0.25, 0.3) is 0 Å². The summed E-state index contributed by atoms with van der Waals surface area (Å²) in [4.78, 5) is 11.5. The molecule has 0 atom stereocenters. The van der Waals surface area contributed by atoms with Crippen molar-refractivity contribution in [2.45, 2.75) is 0 Å². The molecule has 0 saturated heterocycles. The molecule has 0 amide bonds. The van der Waals surface area contributed by atoms with Crippen LogP contribution in [0.4, 0.5) is 0 Å². The predicted molar refractivity (Wildman–Crippen MR) is 113 cm³/mol. The fraction of sp³-hybridized carbons (Fsp3) is 0.0417. The molecule has 0 aliphatic rings. The van der Waals surface area contributed by atoms with Gasteiger partial charge in [-0.2, -0.15) is 0 Å². The Labute approximate surface area is 167 Å². The van der Waals surface area contributed by atoms with Crippen LogP contribution >= 0.6 is 11.6 Å². The Morgan fingerprint density at radius 1 is 0.893 bits per heavy atom. The number of fused-ring (bicyclic) bond motifs is 1. The third-order valence-corrected chi connectivity index (χ3v) is 4.71. The molecule has 0 unspecified atom stereocenters. The van der Waals surface area contributed by atoms with Gasteiger partial charge >= 0.3 is 5.97 Å². The molecule has 0 aliphatic carbocycles. The van der Waals surface area contributed by atoms with Gasteiger partial charge in [0, 0.05) is 16.0 Å². The van der Waals surface area contributed by atoms with E-state index in [-0.39, 0.29) is 5.97 Å². The molecule has 4 heteroatoms. The van der Waals surface area contributed by atoms with Gasteiger partial charge in [-0.1, -0.05) is 60.2 Å². The third-order valence-electron chi connectivity index (χ3n) is 4.47. The van der Waals surface area contributed by atoms with Crippen LogP contribution in [0.2, 0.25) is 5.02 Å². The maximum Gasteiger partial charge on any atom is 0.337 e. The Balaban J connectivity index is 1.51. The molecule has 28 heavy (non-hydrogen) atoms. The average molecular weight is 389 g/mol. The number of furan rings is 1. The number of esters is 1. The smallest absolute Gasteiger partial charge is 0.337 e. The Kier molecular flexibility index (Phi) is 5.00. The quantitative estimate of drug-likeness (QED) is 0.288. The zero-order chi connectivity index (χ0) is 19.5. The van der Waals surface area contributed by atoms with Gasteiger partial charge in [0.2, 0.25) is 0 Å². The molecule has 4 rings (SSSR count). The largest absolute Gasteiger partial charge is 0.465 e. The zero-order valence-corrected chi connectivity index (χ0v) is 15.9. The van der Waals surface area contributed by atoms with Crippen LogP contribution in [-0.2, 0) is 4.74 Å². The Morgan fingerprint density at radius 3 is 2.18 bits per heavy atom. The zero-order valence-electron chi connectivity index (χ0n) is 15.2. The molecule has 1 aromatic heterocycles. The van der Waals surface area contributed by atoms with Crippen LogP contribution in [0.5, 0.6) is 0 Å². The number of ether oxygens (including phenoxy) is 1. The van der Waals surface area contributed by atoms with E-state index in [4.69, 9.17) is 20.8 Å². The Bertz CT molecular complexity index is 1150. The first-order chi connectivity index (χ1) is 13.6. The van der Waals surface area contributed by atoms with Crippen molar-refractivity contribution in [1.29, 1.82) is 0 Å². The highest BCUT2D eigenvalue weighted by Crippen LogP contribution is 2.29. The van der Waals surface area contributed by atoms with Crippen LogP contribution in [-0.4, -0.2) is 13.1 Å². The molecule has 0 spiro atoms. The Morgan fingerprint density at radius 2 is 1.54 bits per heavy atom. The molecule has 0 bridgehead atoms. The molecular formula is C24H17ClO3. The summed E-state index contributed by atoms with van der Waals surface area (Å²) in [5.74, 6) is 0.477. The number of hydrogen-bond acceptors (Lipinski definition) is 3. The SMILES string of the molecule is COC(=O)c1ccc(/C=C/c2ccc(-c3cc4cc(Cl)ccc4o3)cc2)cc1. The van der Waals surface area contributed by atoms with E-state index >= 15 is 0 Å². The van der Waals surface area contributed by atoms with Crippen LogP contribution in [0.1, 0.15) is 21.5 Å². The van der Waals surface area contributed by atoms with E-state index in [2.05, 4.69) is 0 Å². The summed E-state index contributed by atoms with van der Waals surface area (Å²) in [5.41, 5.74) is 4.44. The van der Waals surface area contributed by atoms with E-state index in [1.807, 2.05) is 72.8 Å².